The van der Waals surface area contributed by atoms with Crippen LogP contribution in [0.3, 0.4) is 0 Å². The average molecular weight is 266 g/mol. The van der Waals surface area contributed by atoms with Crippen molar-refractivity contribution in [3.8, 4) is 0 Å². The number of aliphatic imine (C=N–C) groups is 1. The molecule has 0 saturated carbocycles. The number of carboxylic acid groups (broad SMARTS) is 1. The lowest BCUT2D eigenvalue weighted by molar-refractivity contribution is -0.131. The van der Waals surface area contributed by atoms with E-state index in [1.165, 1.54) is 18.5 Å². The smallest absolute Gasteiger partial charge is 0.328 e. The van der Waals surface area contributed by atoms with Gasteiger partial charge >= 0.3 is 5.97 Å². The van der Waals surface area contributed by atoms with Gasteiger partial charge in [0.05, 0.1) is 12.2 Å². The molecule has 6 nitrogen and oxygen atoms in total. The van der Waals surface area contributed by atoms with Crippen LogP contribution < -0.4 is 0 Å². The Morgan fingerprint density at radius 3 is 2.83 bits per heavy atom. The van der Waals surface area contributed by atoms with Crippen molar-refractivity contribution >= 4 is 28.0 Å². The minimum atomic E-state index is -3.64. The number of nitrogens with zero attached hydrogens (tertiary/aromatic N) is 2. The molecule has 0 fully saturated rings. The van der Waals surface area contributed by atoms with Gasteiger partial charge in [0.2, 0.25) is 0 Å². The fourth-order valence-corrected chi connectivity index (χ4v) is 2.84. The van der Waals surface area contributed by atoms with Gasteiger partial charge in [-0.2, -0.15) is 0 Å². The van der Waals surface area contributed by atoms with Crippen molar-refractivity contribution in [2.75, 3.05) is 6.54 Å². The lowest BCUT2D eigenvalue weighted by Crippen LogP contribution is -2.32. The van der Waals surface area contributed by atoms with Crippen LogP contribution in [0, 0.1) is 0 Å². The van der Waals surface area contributed by atoms with E-state index in [-0.39, 0.29) is 11.4 Å². The topological polar surface area (TPSA) is 87.0 Å². The molecule has 1 aliphatic heterocycles. The molecule has 0 bridgehead atoms. The first kappa shape index (κ1) is 12.3. The molecule has 0 spiro atoms. The van der Waals surface area contributed by atoms with Crippen molar-refractivity contribution in [1.82, 2.24) is 4.31 Å². The minimum absolute atomic E-state index is 0.0630. The molecule has 0 aliphatic carbocycles. The number of fused-ring (bicyclic) bond motifs is 1. The molecule has 0 amide bonds. The third-order valence-corrected chi connectivity index (χ3v) is 4.09. The largest absolute Gasteiger partial charge is 0.478 e. The summed E-state index contributed by atoms with van der Waals surface area (Å²) in [5, 5.41) is 8.44. The second-order valence-electron chi connectivity index (χ2n) is 3.53. The summed E-state index contributed by atoms with van der Waals surface area (Å²) in [6.07, 6.45) is 3.33. The van der Waals surface area contributed by atoms with E-state index in [0.717, 1.165) is 10.4 Å². The van der Waals surface area contributed by atoms with Gasteiger partial charge in [-0.1, -0.05) is 18.2 Å². The monoisotopic (exact) mass is 266 g/mol. The molecule has 1 aliphatic rings. The van der Waals surface area contributed by atoms with Gasteiger partial charge in [-0.05, 0) is 12.1 Å². The Balaban J connectivity index is 2.31. The summed E-state index contributed by atoms with van der Waals surface area (Å²) < 4.78 is 25.3. The molecule has 18 heavy (non-hydrogen) atoms. The van der Waals surface area contributed by atoms with Gasteiger partial charge in [-0.3, -0.25) is 4.31 Å². The first-order valence-corrected chi connectivity index (χ1v) is 6.50. The Labute approximate surface area is 104 Å². The maximum Gasteiger partial charge on any atom is 0.328 e. The van der Waals surface area contributed by atoms with E-state index in [4.69, 9.17) is 5.11 Å². The van der Waals surface area contributed by atoms with E-state index >= 15 is 0 Å². The summed E-state index contributed by atoms with van der Waals surface area (Å²) >= 11 is 0. The predicted molar refractivity (Wildman–Crippen MR) is 65.3 cm³/mol. The van der Waals surface area contributed by atoms with Gasteiger partial charge in [0.15, 0.2) is 0 Å². The molecular weight excluding hydrogens is 256 g/mol. The van der Waals surface area contributed by atoms with Crippen LogP contribution in [0.2, 0.25) is 0 Å². The van der Waals surface area contributed by atoms with E-state index in [9.17, 15) is 13.2 Å². The molecule has 0 saturated heterocycles. The van der Waals surface area contributed by atoms with Gasteiger partial charge in [-0.25, -0.2) is 18.2 Å². The Kier molecular flexibility index (Phi) is 3.15. The number of rotatable bonds is 3. The van der Waals surface area contributed by atoms with Crippen LogP contribution in [0.4, 0.5) is 5.69 Å². The van der Waals surface area contributed by atoms with Gasteiger partial charge in [0.1, 0.15) is 11.2 Å². The van der Waals surface area contributed by atoms with Gasteiger partial charge in [0.25, 0.3) is 10.0 Å². The Hall–Kier alpha value is -2.15. The van der Waals surface area contributed by atoms with Crippen LogP contribution in [-0.2, 0) is 14.8 Å². The number of para-hydroxylation sites is 1. The first-order chi connectivity index (χ1) is 8.51. The Morgan fingerprint density at radius 1 is 1.39 bits per heavy atom. The van der Waals surface area contributed by atoms with Crippen molar-refractivity contribution in [2.45, 2.75) is 4.90 Å². The highest BCUT2D eigenvalue weighted by Crippen LogP contribution is 2.29. The summed E-state index contributed by atoms with van der Waals surface area (Å²) in [5.74, 6) is -1.12. The van der Waals surface area contributed by atoms with E-state index < -0.39 is 16.0 Å². The highest BCUT2D eigenvalue weighted by atomic mass is 32.2. The van der Waals surface area contributed by atoms with E-state index in [1.807, 2.05) is 0 Å². The second-order valence-corrected chi connectivity index (χ2v) is 5.39. The fraction of sp³-hybridized carbons (Fsp3) is 0.0909. The molecule has 1 N–H and O–H groups in total. The standard InChI is InChI=1S/C11H10N2O4S/c14-11(15)6-3-7-13-8-12-9-4-1-2-5-10(9)18(13,16)17/h1-6,8H,7H2,(H,14,15). The molecule has 0 unspecified atom stereocenters. The summed E-state index contributed by atoms with van der Waals surface area (Å²) in [6, 6.07) is 6.39. The van der Waals surface area contributed by atoms with Crippen LogP contribution in [-0.4, -0.2) is 36.7 Å². The van der Waals surface area contributed by atoms with Gasteiger partial charge in [-0.15, -0.1) is 0 Å². The average Bonchev–Trinajstić information content (AvgIpc) is 2.32. The number of carboxylic acids is 1. The van der Waals surface area contributed by atoms with Gasteiger partial charge < -0.3 is 5.11 Å². The van der Waals surface area contributed by atoms with Crippen LogP contribution in [0.1, 0.15) is 0 Å². The second kappa shape index (κ2) is 4.61. The summed E-state index contributed by atoms with van der Waals surface area (Å²) in [6.45, 7) is -0.0630. The molecule has 7 heteroatoms. The quantitative estimate of drug-likeness (QED) is 0.826. The van der Waals surface area contributed by atoms with Crippen molar-refractivity contribution in [3.63, 3.8) is 0 Å². The van der Waals surface area contributed by atoms with Crippen molar-refractivity contribution in [3.05, 3.63) is 36.4 Å². The highest BCUT2D eigenvalue weighted by molar-refractivity contribution is 7.89. The highest BCUT2D eigenvalue weighted by Gasteiger charge is 2.27. The molecule has 1 heterocycles. The molecule has 0 radical (unpaired) electrons. The summed E-state index contributed by atoms with van der Waals surface area (Å²) in [5.41, 5.74) is 0.385. The van der Waals surface area contributed by atoms with Crippen LogP contribution in [0.5, 0.6) is 0 Å². The molecule has 1 aromatic rings. The predicted octanol–water partition coefficient (Wildman–Crippen LogP) is 0.992. The van der Waals surface area contributed by atoms with Crippen LogP contribution in [0.25, 0.3) is 0 Å². The number of carbonyl (C=O) groups is 1. The molecule has 1 aromatic carbocycles. The molecule has 2 rings (SSSR count). The molecule has 94 valence electrons. The SMILES string of the molecule is O=C(O)C=CCN1C=Nc2ccccc2S1(=O)=O. The molecular formula is C11H10N2O4S. The fourth-order valence-electron chi connectivity index (χ4n) is 1.50. The van der Waals surface area contributed by atoms with Crippen LogP contribution >= 0.6 is 0 Å². The number of benzene rings is 1. The van der Waals surface area contributed by atoms with E-state index in [1.54, 1.807) is 18.2 Å². The lowest BCUT2D eigenvalue weighted by atomic mass is 10.3. The zero-order chi connectivity index (χ0) is 13.2. The lowest BCUT2D eigenvalue weighted by Gasteiger charge is -2.22. The van der Waals surface area contributed by atoms with E-state index in [2.05, 4.69) is 4.99 Å². The third-order valence-electron chi connectivity index (χ3n) is 2.32. The zero-order valence-corrected chi connectivity index (χ0v) is 10.0. The van der Waals surface area contributed by atoms with Crippen molar-refractivity contribution in [1.29, 1.82) is 0 Å². The van der Waals surface area contributed by atoms with Crippen molar-refractivity contribution in [2.24, 2.45) is 4.99 Å². The van der Waals surface area contributed by atoms with Gasteiger partial charge in [0, 0.05) is 6.08 Å². The van der Waals surface area contributed by atoms with Crippen LogP contribution in [0.15, 0.2) is 46.3 Å². The number of sulfonamides is 1. The van der Waals surface area contributed by atoms with Crippen molar-refractivity contribution < 1.29 is 18.3 Å². The summed E-state index contributed by atoms with van der Waals surface area (Å²) in [4.78, 5) is 14.4. The minimum Gasteiger partial charge on any atom is -0.478 e. The number of hydrogen-bond acceptors (Lipinski definition) is 4. The maximum atomic E-state index is 12.1. The molecule has 0 atom stereocenters. The number of aliphatic carboxylic acids is 1. The Bertz CT molecular complexity index is 634. The normalized spacial score (nSPS) is 16.8. The van der Waals surface area contributed by atoms with E-state index in [0.29, 0.717) is 5.69 Å². The Morgan fingerprint density at radius 2 is 2.11 bits per heavy atom. The maximum absolute atomic E-state index is 12.1. The first-order valence-electron chi connectivity index (χ1n) is 5.06. The molecule has 0 aromatic heterocycles. The zero-order valence-electron chi connectivity index (χ0n) is 9.22. The summed E-state index contributed by atoms with van der Waals surface area (Å²) in [7, 11) is -3.64. The number of hydrogen-bond donors (Lipinski definition) is 1. The third kappa shape index (κ3) is 2.25.